The molecule has 1 aliphatic heterocycles. The van der Waals surface area contributed by atoms with Gasteiger partial charge in [-0.1, -0.05) is 0 Å². The maximum absolute atomic E-state index is 11.8. The minimum absolute atomic E-state index is 0.0580. The topological polar surface area (TPSA) is 105 Å². The summed E-state index contributed by atoms with van der Waals surface area (Å²) in [5, 5.41) is 18.5. The van der Waals surface area contributed by atoms with E-state index in [2.05, 4.69) is 4.98 Å². The number of aliphatic hydroxyl groups is 2. The molecule has 106 valence electrons. The highest BCUT2D eigenvalue weighted by Gasteiger charge is 2.31. The molecule has 0 amide bonds. The van der Waals surface area contributed by atoms with Gasteiger partial charge in [0.15, 0.2) is 0 Å². The van der Waals surface area contributed by atoms with Crippen molar-refractivity contribution in [3.8, 4) is 0 Å². The van der Waals surface area contributed by atoms with Crippen molar-refractivity contribution in [3.05, 3.63) is 32.6 Å². The number of nitrogens with one attached hydrogen (secondary N) is 1. The molecule has 1 aliphatic rings. The monoisotopic (exact) mass is 270 g/mol. The van der Waals surface area contributed by atoms with E-state index in [1.165, 1.54) is 10.8 Å². The van der Waals surface area contributed by atoms with E-state index in [0.717, 1.165) is 0 Å². The van der Waals surface area contributed by atoms with E-state index >= 15 is 0 Å². The minimum atomic E-state index is -0.528. The summed E-state index contributed by atoms with van der Waals surface area (Å²) >= 11 is 0. The van der Waals surface area contributed by atoms with Gasteiger partial charge in [-0.25, -0.2) is 4.79 Å². The molecule has 2 rings (SSSR count). The van der Waals surface area contributed by atoms with Crippen LogP contribution < -0.4 is 11.2 Å². The molecule has 2 heterocycles. The Hall–Kier alpha value is -1.44. The number of H-pyrrole nitrogens is 1. The SMILES string of the molecule is Cc1cn([C@@H]2C[C@H](CO)[C@@H](CO)CO2)c(=O)[nH]c1=O. The van der Waals surface area contributed by atoms with Gasteiger partial charge in [0.25, 0.3) is 5.56 Å². The van der Waals surface area contributed by atoms with Crippen molar-refractivity contribution in [2.24, 2.45) is 11.8 Å². The third-order valence-electron chi connectivity index (χ3n) is 3.60. The Morgan fingerprint density at radius 3 is 2.68 bits per heavy atom. The van der Waals surface area contributed by atoms with Crippen LogP contribution in [-0.4, -0.2) is 39.6 Å². The summed E-state index contributed by atoms with van der Waals surface area (Å²) in [6.45, 7) is 1.76. The molecule has 0 bridgehead atoms. The third-order valence-corrected chi connectivity index (χ3v) is 3.60. The Morgan fingerprint density at radius 1 is 1.37 bits per heavy atom. The Kier molecular flexibility index (Phi) is 4.18. The molecule has 1 fully saturated rings. The number of nitrogens with zero attached hydrogens (tertiary/aromatic N) is 1. The molecule has 0 aromatic carbocycles. The van der Waals surface area contributed by atoms with Crippen LogP contribution in [0, 0.1) is 18.8 Å². The second kappa shape index (κ2) is 5.68. The highest BCUT2D eigenvalue weighted by atomic mass is 16.5. The molecule has 1 aromatic rings. The molecule has 3 N–H and O–H groups in total. The summed E-state index contributed by atoms with van der Waals surface area (Å²) in [6, 6.07) is 0. The fourth-order valence-corrected chi connectivity index (χ4v) is 2.31. The number of aromatic nitrogens is 2. The third kappa shape index (κ3) is 2.78. The highest BCUT2D eigenvalue weighted by molar-refractivity contribution is 5.01. The van der Waals surface area contributed by atoms with Gasteiger partial charge >= 0.3 is 5.69 Å². The van der Waals surface area contributed by atoms with E-state index in [1.807, 2.05) is 0 Å². The zero-order valence-electron chi connectivity index (χ0n) is 10.7. The second-order valence-corrected chi connectivity index (χ2v) is 4.89. The van der Waals surface area contributed by atoms with E-state index in [1.54, 1.807) is 6.92 Å². The first-order valence-electron chi connectivity index (χ1n) is 6.22. The predicted molar refractivity (Wildman–Crippen MR) is 66.8 cm³/mol. The standard InChI is InChI=1S/C12H18N2O5/c1-7-3-14(12(18)13-11(7)17)10-2-8(4-15)9(5-16)6-19-10/h3,8-10,15-16H,2,4-6H2,1H3,(H,13,17,18)/t8-,9+,10+/m1/s1. The molecule has 19 heavy (non-hydrogen) atoms. The van der Waals surface area contributed by atoms with Gasteiger partial charge in [-0.15, -0.1) is 0 Å². The van der Waals surface area contributed by atoms with Gasteiger partial charge in [-0.2, -0.15) is 0 Å². The first-order valence-corrected chi connectivity index (χ1v) is 6.22. The lowest BCUT2D eigenvalue weighted by atomic mass is 9.88. The molecule has 0 spiro atoms. The van der Waals surface area contributed by atoms with Crippen LogP contribution in [0.3, 0.4) is 0 Å². The van der Waals surface area contributed by atoms with E-state index < -0.39 is 17.5 Å². The molecular formula is C12H18N2O5. The van der Waals surface area contributed by atoms with Crippen LogP contribution in [0.4, 0.5) is 0 Å². The quantitative estimate of drug-likeness (QED) is 0.652. The lowest BCUT2D eigenvalue weighted by Crippen LogP contribution is -2.41. The highest BCUT2D eigenvalue weighted by Crippen LogP contribution is 2.30. The van der Waals surface area contributed by atoms with Gasteiger partial charge in [0, 0.05) is 30.9 Å². The summed E-state index contributed by atoms with van der Waals surface area (Å²) in [7, 11) is 0. The fraction of sp³-hybridized carbons (Fsp3) is 0.667. The lowest BCUT2D eigenvalue weighted by molar-refractivity contribution is -0.108. The van der Waals surface area contributed by atoms with Crippen molar-refractivity contribution in [2.75, 3.05) is 19.8 Å². The first kappa shape index (κ1) is 14.0. The predicted octanol–water partition coefficient (Wildman–Crippen LogP) is -1.02. The summed E-state index contributed by atoms with van der Waals surface area (Å²) in [5.41, 5.74) is -0.517. The largest absolute Gasteiger partial charge is 0.396 e. The molecule has 0 unspecified atom stereocenters. The Morgan fingerprint density at radius 2 is 2.05 bits per heavy atom. The van der Waals surface area contributed by atoms with Crippen LogP contribution in [0.25, 0.3) is 0 Å². The van der Waals surface area contributed by atoms with E-state index in [-0.39, 0.29) is 31.7 Å². The summed E-state index contributed by atoms with van der Waals surface area (Å²) in [5.74, 6) is -0.247. The van der Waals surface area contributed by atoms with Crippen LogP contribution >= 0.6 is 0 Å². The number of aliphatic hydroxyl groups excluding tert-OH is 2. The number of ether oxygens (including phenoxy) is 1. The number of rotatable bonds is 3. The van der Waals surface area contributed by atoms with Gasteiger partial charge < -0.3 is 14.9 Å². The van der Waals surface area contributed by atoms with Crippen molar-refractivity contribution < 1.29 is 14.9 Å². The summed E-state index contributed by atoms with van der Waals surface area (Å²) in [6.07, 6.45) is 1.36. The normalized spacial score (nSPS) is 27.4. The Labute approximate surface area is 109 Å². The molecule has 7 nitrogen and oxygen atoms in total. The Bertz CT molecular complexity index is 550. The minimum Gasteiger partial charge on any atom is -0.396 e. The number of aromatic amines is 1. The van der Waals surface area contributed by atoms with Crippen LogP contribution in [-0.2, 0) is 4.74 Å². The van der Waals surface area contributed by atoms with E-state index in [0.29, 0.717) is 12.0 Å². The maximum atomic E-state index is 11.8. The molecule has 1 aromatic heterocycles. The molecule has 0 radical (unpaired) electrons. The molecule has 0 saturated carbocycles. The van der Waals surface area contributed by atoms with E-state index in [9.17, 15) is 19.8 Å². The number of aryl methyl sites for hydroxylation is 1. The van der Waals surface area contributed by atoms with Gasteiger partial charge in [-0.3, -0.25) is 14.3 Å². The molecule has 7 heteroatoms. The van der Waals surface area contributed by atoms with Gasteiger partial charge in [0.2, 0.25) is 0 Å². The van der Waals surface area contributed by atoms with E-state index in [4.69, 9.17) is 4.74 Å². The smallest absolute Gasteiger partial charge is 0.330 e. The summed E-state index contributed by atoms with van der Waals surface area (Å²) < 4.78 is 6.87. The first-order chi connectivity index (χ1) is 9.06. The average Bonchev–Trinajstić information content (AvgIpc) is 2.42. The second-order valence-electron chi connectivity index (χ2n) is 4.89. The Balaban J connectivity index is 2.26. The van der Waals surface area contributed by atoms with Crippen LogP contribution in [0.5, 0.6) is 0 Å². The van der Waals surface area contributed by atoms with Gasteiger partial charge in [0.1, 0.15) is 6.23 Å². The van der Waals surface area contributed by atoms with Crippen LogP contribution in [0.1, 0.15) is 18.2 Å². The number of hydrogen-bond acceptors (Lipinski definition) is 5. The summed E-state index contributed by atoms with van der Waals surface area (Å²) in [4.78, 5) is 25.3. The van der Waals surface area contributed by atoms with Crippen molar-refractivity contribution in [3.63, 3.8) is 0 Å². The van der Waals surface area contributed by atoms with Crippen molar-refractivity contribution in [1.82, 2.24) is 9.55 Å². The van der Waals surface area contributed by atoms with Crippen molar-refractivity contribution in [2.45, 2.75) is 19.6 Å². The molecule has 3 atom stereocenters. The van der Waals surface area contributed by atoms with Crippen molar-refractivity contribution in [1.29, 1.82) is 0 Å². The van der Waals surface area contributed by atoms with Gasteiger partial charge in [0.05, 0.1) is 6.61 Å². The average molecular weight is 270 g/mol. The van der Waals surface area contributed by atoms with Crippen LogP contribution in [0.15, 0.2) is 15.8 Å². The zero-order valence-corrected chi connectivity index (χ0v) is 10.7. The van der Waals surface area contributed by atoms with Gasteiger partial charge in [-0.05, 0) is 19.3 Å². The zero-order chi connectivity index (χ0) is 14.0. The molecule has 0 aliphatic carbocycles. The fourth-order valence-electron chi connectivity index (χ4n) is 2.31. The lowest BCUT2D eigenvalue weighted by Gasteiger charge is -2.35. The molecule has 1 saturated heterocycles. The maximum Gasteiger partial charge on any atom is 0.330 e. The molecular weight excluding hydrogens is 252 g/mol. The van der Waals surface area contributed by atoms with Crippen LogP contribution in [0.2, 0.25) is 0 Å². The van der Waals surface area contributed by atoms with Crippen molar-refractivity contribution >= 4 is 0 Å². The number of hydrogen-bond donors (Lipinski definition) is 3.